The summed E-state index contributed by atoms with van der Waals surface area (Å²) in [6.07, 6.45) is 3.91. The second-order valence-electron chi connectivity index (χ2n) is 4.30. The molecule has 0 saturated carbocycles. The van der Waals surface area contributed by atoms with Crippen molar-refractivity contribution in [1.29, 1.82) is 0 Å². The highest BCUT2D eigenvalue weighted by molar-refractivity contribution is 7.99. The zero-order valence-electron chi connectivity index (χ0n) is 10.4. The standard InChI is InChI=1S/C13H18FNO2S/c1-2-17-13-11(14)9(6-7-15-13)12(16)10-5-3-4-8-18-10/h6-7,10,12,16H,2-5,8H2,1H3. The molecule has 1 aromatic heterocycles. The third-order valence-corrected chi connectivity index (χ3v) is 4.50. The van der Waals surface area contributed by atoms with Gasteiger partial charge in [0.15, 0.2) is 5.82 Å². The molecule has 1 fully saturated rings. The molecule has 1 aliphatic rings. The number of aromatic nitrogens is 1. The van der Waals surface area contributed by atoms with Crippen molar-refractivity contribution in [1.82, 2.24) is 4.98 Å². The van der Waals surface area contributed by atoms with Crippen molar-refractivity contribution in [2.45, 2.75) is 37.5 Å². The number of hydrogen-bond donors (Lipinski definition) is 1. The van der Waals surface area contributed by atoms with Crippen LogP contribution in [0.4, 0.5) is 4.39 Å². The Morgan fingerprint density at radius 3 is 3.11 bits per heavy atom. The molecule has 100 valence electrons. The van der Waals surface area contributed by atoms with Crippen molar-refractivity contribution in [3.63, 3.8) is 0 Å². The first-order valence-corrected chi connectivity index (χ1v) is 7.35. The van der Waals surface area contributed by atoms with Crippen molar-refractivity contribution in [2.75, 3.05) is 12.4 Å². The molecular formula is C13H18FNO2S. The Morgan fingerprint density at radius 2 is 2.44 bits per heavy atom. The predicted octanol–water partition coefficient (Wildman–Crippen LogP) is 2.94. The van der Waals surface area contributed by atoms with Crippen molar-refractivity contribution < 1.29 is 14.2 Å². The van der Waals surface area contributed by atoms with Crippen LogP contribution in [0.5, 0.6) is 5.88 Å². The van der Waals surface area contributed by atoms with Crippen LogP contribution in [0.1, 0.15) is 37.9 Å². The molecule has 2 atom stereocenters. The molecule has 0 amide bonds. The Balaban J connectivity index is 2.18. The maximum absolute atomic E-state index is 14.1. The number of halogens is 1. The number of hydrogen-bond acceptors (Lipinski definition) is 4. The smallest absolute Gasteiger partial charge is 0.250 e. The summed E-state index contributed by atoms with van der Waals surface area (Å²) in [5, 5.41) is 10.3. The fourth-order valence-corrected chi connectivity index (χ4v) is 3.46. The van der Waals surface area contributed by atoms with Crippen LogP contribution < -0.4 is 4.74 Å². The van der Waals surface area contributed by atoms with Crippen molar-refractivity contribution in [3.8, 4) is 5.88 Å². The summed E-state index contributed by atoms with van der Waals surface area (Å²) >= 11 is 1.72. The van der Waals surface area contributed by atoms with E-state index in [0.29, 0.717) is 12.2 Å². The van der Waals surface area contributed by atoms with Crippen molar-refractivity contribution >= 4 is 11.8 Å². The molecule has 1 aliphatic heterocycles. The van der Waals surface area contributed by atoms with Gasteiger partial charge < -0.3 is 9.84 Å². The van der Waals surface area contributed by atoms with Crippen LogP contribution in [0.25, 0.3) is 0 Å². The van der Waals surface area contributed by atoms with Crippen molar-refractivity contribution in [3.05, 3.63) is 23.6 Å². The number of aliphatic hydroxyl groups is 1. The summed E-state index contributed by atoms with van der Waals surface area (Å²) in [6, 6.07) is 1.54. The largest absolute Gasteiger partial charge is 0.476 e. The molecule has 2 heterocycles. The van der Waals surface area contributed by atoms with Crippen LogP contribution >= 0.6 is 11.8 Å². The molecule has 0 aliphatic carbocycles. The van der Waals surface area contributed by atoms with E-state index < -0.39 is 11.9 Å². The van der Waals surface area contributed by atoms with E-state index in [0.717, 1.165) is 18.6 Å². The summed E-state index contributed by atoms with van der Waals surface area (Å²) in [7, 11) is 0. The van der Waals surface area contributed by atoms with Crippen LogP contribution in [0, 0.1) is 5.82 Å². The van der Waals surface area contributed by atoms with Crippen LogP contribution in [-0.2, 0) is 0 Å². The molecule has 0 spiro atoms. The number of pyridine rings is 1. The van der Waals surface area contributed by atoms with E-state index in [1.807, 2.05) is 0 Å². The third-order valence-electron chi connectivity index (χ3n) is 3.05. The molecule has 1 N–H and O–H groups in total. The van der Waals surface area contributed by atoms with E-state index in [1.54, 1.807) is 18.7 Å². The van der Waals surface area contributed by atoms with E-state index in [2.05, 4.69) is 4.98 Å². The summed E-state index contributed by atoms with van der Waals surface area (Å²) < 4.78 is 19.2. The average molecular weight is 271 g/mol. The summed E-state index contributed by atoms with van der Waals surface area (Å²) in [5.74, 6) is 0.486. The third kappa shape index (κ3) is 2.95. The van der Waals surface area contributed by atoms with Gasteiger partial charge >= 0.3 is 0 Å². The first kappa shape index (κ1) is 13.6. The Bertz CT molecular complexity index is 397. The lowest BCUT2D eigenvalue weighted by Gasteiger charge is -2.26. The van der Waals surface area contributed by atoms with Crippen LogP contribution in [0.15, 0.2) is 12.3 Å². The van der Waals surface area contributed by atoms with Gasteiger partial charge in [-0.15, -0.1) is 0 Å². The molecule has 0 aromatic carbocycles. The number of rotatable bonds is 4. The van der Waals surface area contributed by atoms with Gasteiger partial charge in [0.25, 0.3) is 5.88 Å². The van der Waals surface area contributed by atoms with Gasteiger partial charge in [-0.05, 0) is 31.6 Å². The second-order valence-corrected chi connectivity index (χ2v) is 5.65. The Morgan fingerprint density at radius 1 is 1.61 bits per heavy atom. The number of aliphatic hydroxyl groups excluding tert-OH is 1. The first-order chi connectivity index (χ1) is 8.74. The van der Waals surface area contributed by atoms with Gasteiger partial charge in [0.2, 0.25) is 0 Å². The predicted molar refractivity (Wildman–Crippen MR) is 70.4 cm³/mol. The highest BCUT2D eigenvalue weighted by Gasteiger charge is 2.27. The molecule has 5 heteroatoms. The first-order valence-electron chi connectivity index (χ1n) is 6.31. The van der Waals surface area contributed by atoms with Crippen LogP contribution in [0.3, 0.4) is 0 Å². The number of nitrogens with zero attached hydrogens (tertiary/aromatic N) is 1. The quantitative estimate of drug-likeness (QED) is 0.914. The lowest BCUT2D eigenvalue weighted by Crippen LogP contribution is -2.20. The number of ether oxygens (including phenoxy) is 1. The lowest BCUT2D eigenvalue weighted by molar-refractivity contribution is 0.162. The van der Waals surface area contributed by atoms with E-state index in [1.165, 1.54) is 18.7 Å². The molecule has 18 heavy (non-hydrogen) atoms. The average Bonchev–Trinajstić information content (AvgIpc) is 2.42. The molecule has 0 radical (unpaired) electrons. The van der Waals surface area contributed by atoms with Crippen LogP contribution in [-0.4, -0.2) is 27.7 Å². The van der Waals surface area contributed by atoms with Gasteiger partial charge in [-0.25, -0.2) is 9.37 Å². The highest BCUT2D eigenvalue weighted by atomic mass is 32.2. The lowest BCUT2D eigenvalue weighted by atomic mass is 10.0. The van der Waals surface area contributed by atoms with Gasteiger partial charge in [-0.3, -0.25) is 0 Å². The minimum atomic E-state index is -0.780. The minimum absolute atomic E-state index is 0.0186. The summed E-state index contributed by atoms with van der Waals surface area (Å²) in [4.78, 5) is 3.84. The maximum atomic E-state index is 14.1. The van der Waals surface area contributed by atoms with Gasteiger partial charge in [0, 0.05) is 17.0 Å². The fraction of sp³-hybridized carbons (Fsp3) is 0.615. The second kappa shape index (κ2) is 6.38. The van der Waals surface area contributed by atoms with E-state index in [9.17, 15) is 9.50 Å². The molecule has 2 unspecified atom stereocenters. The zero-order valence-corrected chi connectivity index (χ0v) is 11.3. The van der Waals surface area contributed by atoms with Gasteiger partial charge in [-0.1, -0.05) is 6.42 Å². The molecule has 2 rings (SSSR count). The molecule has 1 saturated heterocycles. The molecule has 1 aromatic rings. The van der Waals surface area contributed by atoms with Gasteiger partial charge in [-0.2, -0.15) is 11.8 Å². The molecular weight excluding hydrogens is 253 g/mol. The van der Waals surface area contributed by atoms with Gasteiger partial charge in [0.1, 0.15) is 0 Å². The van der Waals surface area contributed by atoms with E-state index in [4.69, 9.17) is 4.74 Å². The highest BCUT2D eigenvalue weighted by Crippen LogP contribution is 2.36. The van der Waals surface area contributed by atoms with Crippen molar-refractivity contribution in [2.24, 2.45) is 0 Å². The van der Waals surface area contributed by atoms with E-state index in [-0.39, 0.29) is 11.1 Å². The summed E-state index contributed by atoms with van der Waals surface area (Å²) in [6.45, 7) is 2.14. The normalized spacial score (nSPS) is 21.6. The molecule has 3 nitrogen and oxygen atoms in total. The van der Waals surface area contributed by atoms with Crippen LogP contribution in [0.2, 0.25) is 0 Å². The monoisotopic (exact) mass is 271 g/mol. The Labute approximate surface area is 111 Å². The Kier molecular flexibility index (Phi) is 4.83. The summed E-state index contributed by atoms with van der Waals surface area (Å²) in [5.41, 5.74) is 0.299. The fourth-order valence-electron chi connectivity index (χ4n) is 2.12. The number of thioether (sulfide) groups is 1. The maximum Gasteiger partial charge on any atom is 0.250 e. The molecule has 0 bridgehead atoms. The minimum Gasteiger partial charge on any atom is -0.476 e. The van der Waals surface area contributed by atoms with E-state index >= 15 is 0 Å². The zero-order chi connectivity index (χ0) is 13.0. The Hall–Kier alpha value is -0.810. The van der Waals surface area contributed by atoms with Gasteiger partial charge in [0.05, 0.1) is 12.7 Å². The topological polar surface area (TPSA) is 42.4 Å². The SMILES string of the molecule is CCOc1nccc(C(O)C2CCCCS2)c1F.